The highest BCUT2D eigenvalue weighted by Gasteiger charge is 3.12. The maximum Gasteiger partial charge on any atom is 0.338 e. The molecule has 1 aliphatic heterocycles. The summed E-state index contributed by atoms with van der Waals surface area (Å²) in [5, 5.41) is 16.1. The number of hydrogen-bond acceptors (Lipinski definition) is 7. The minimum atomic E-state index is -0.786. The third-order valence-electron chi connectivity index (χ3n) is 9.87. The number of carbonyl (C=O) groups excluding carboxylic acids is 1. The molecule has 0 bridgehead atoms. The van der Waals surface area contributed by atoms with Crippen LogP contribution in [0.2, 0.25) is 5.02 Å². The van der Waals surface area contributed by atoms with E-state index in [1.807, 2.05) is 5.38 Å². The summed E-state index contributed by atoms with van der Waals surface area (Å²) in [6.07, 6.45) is 1.69. The maximum atomic E-state index is 13.9. The first-order chi connectivity index (χ1) is 16.9. The van der Waals surface area contributed by atoms with Crippen LogP contribution in [-0.2, 0) is 14.3 Å². The first-order valence-corrected chi connectivity index (χ1v) is 13.0. The smallest absolute Gasteiger partial charge is 0.338 e. The number of benzene rings is 1. The van der Waals surface area contributed by atoms with E-state index in [1.54, 1.807) is 19.2 Å². The Kier molecular flexibility index (Phi) is 3.57. The molecule has 9 rings (SSSR count). The van der Waals surface area contributed by atoms with E-state index in [9.17, 15) is 19.1 Å². The summed E-state index contributed by atoms with van der Waals surface area (Å²) in [4.78, 5) is 34.8. The van der Waals surface area contributed by atoms with Crippen LogP contribution in [0, 0.1) is 52.2 Å². The van der Waals surface area contributed by atoms with Crippen LogP contribution < -0.4 is 5.32 Å². The Hall–Kier alpha value is -2.78. The number of aliphatic carboxylic acids is 1. The van der Waals surface area contributed by atoms with Crippen molar-refractivity contribution in [3.63, 3.8) is 0 Å². The van der Waals surface area contributed by atoms with E-state index in [0.717, 1.165) is 5.70 Å². The van der Waals surface area contributed by atoms with Crippen LogP contribution >= 0.6 is 22.9 Å². The van der Waals surface area contributed by atoms with Gasteiger partial charge in [-0.3, -0.25) is 9.79 Å². The lowest BCUT2D eigenvalue weighted by atomic mass is 8.92. The fraction of sp³-hybridized carbons (Fsp3) is 0.440. The summed E-state index contributed by atoms with van der Waals surface area (Å²) >= 11 is 7.90. The SMILES string of the molecule is CCOC(=O)C1=C(C23C4C5C2C2C3C4C52C(=O)O)NC(c2nccs2)=N[C@@H]1c1ccc(F)cc1Cl. The van der Waals surface area contributed by atoms with Crippen molar-refractivity contribution in [1.29, 1.82) is 0 Å². The lowest BCUT2D eigenvalue weighted by Crippen LogP contribution is -3.11. The van der Waals surface area contributed by atoms with Crippen LogP contribution in [0.25, 0.3) is 0 Å². The van der Waals surface area contributed by atoms with Gasteiger partial charge in [0.25, 0.3) is 0 Å². The van der Waals surface area contributed by atoms with Gasteiger partial charge in [0.2, 0.25) is 0 Å². The second kappa shape index (κ2) is 6.13. The molecule has 6 saturated carbocycles. The van der Waals surface area contributed by atoms with Gasteiger partial charge in [0.05, 0.1) is 17.6 Å². The average Bonchev–Trinajstić information content (AvgIpc) is 3.38. The van der Waals surface area contributed by atoms with Crippen molar-refractivity contribution in [3.05, 3.63) is 62.5 Å². The number of halogens is 2. The number of aromatic nitrogens is 1. The molecule has 10 heteroatoms. The molecule has 2 heterocycles. The number of ether oxygens (including phenoxy) is 1. The molecule has 1 atom stereocenters. The van der Waals surface area contributed by atoms with Crippen molar-refractivity contribution in [3.8, 4) is 0 Å². The Bertz CT molecular complexity index is 1380. The van der Waals surface area contributed by atoms with Gasteiger partial charge in [0, 0.05) is 33.3 Å². The standard InChI is InChI=1S/C25H19ClFN3O4S/c1-2-34-22(31)11-18(9-4-3-8(27)7-10(9)26)29-20(21-28-5-6-35-21)30-19(11)24-12-15-13(24)17-14(24)16(12)25(15,17)23(32)33/h3-7,12-18H,2H2,1H3,(H,29,30)(H,32,33)/t12?,13?,14?,15?,16?,17?,18-,24?,25?/m1/s1. The van der Waals surface area contributed by atoms with Crippen LogP contribution in [0.4, 0.5) is 4.39 Å². The largest absolute Gasteiger partial charge is 0.481 e. The molecule has 0 spiro atoms. The van der Waals surface area contributed by atoms with E-state index >= 15 is 0 Å². The molecule has 6 fully saturated rings. The lowest BCUT2D eigenvalue weighted by molar-refractivity contribution is -0.633. The van der Waals surface area contributed by atoms with Gasteiger partial charge >= 0.3 is 11.9 Å². The molecule has 6 aliphatic carbocycles. The first kappa shape index (κ1) is 20.4. The van der Waals surface area contributed by atoms with E-state index in [2.05, 4.69) is 10.3 Å². The van der Waals surface area contributed by atoms with Gasteiger partial charge in [0.15, 0.2) is 10.8 Å². The Labute approximate surface area is 208 Å². The monoisotopic (exact) mass is 511 g/mol. The van der Waals surface area contributed by atoms with Gasteiger partial charge in [0.1, 0.15) is 11.9 Å². The minimum Gasteiger partial charge on any atom is -0.481 e. The number of rotatable bonds is 6. The molecule has 0 radical (unpaired) electrons. The zero-order chi connectivity index (χ0) is 24.0. The third kappa shape index (κ3) is 1.84. The highest BCUT2D eigenvalue weighted by atomic mass is 35.5. The zero-order valence-corrected chi connectivity index (χ0v) is 19.9. The van der Waals surface area contributed by atoms with Gasteiger partial charge in [-0.15, -0.1) is 11.3 Å². The van der Waals surface area contributed by atoms with Gasteiger partial charge in [-0.25, -0.2) is 14.2 Å². The molecule has 35 heavy (non-hydrogen) atoms. The van der Waals surface area contributed by atoms with Crippen molar-refractivity contribution < 1.29 is 23.8 Å². The number of carboxylic acid groups (broad SMARTS) is 1. The first-order valence-electron chi connectivity index (χ1n) is 11.7. The van der Waals surface area contributed by atoms with Crippen LogP contribution in [-0.4, -0.2) is 34.5 Å². The summed E-state index contributed by atoms with van der Waals surface area (Å²) < 4.78 is 19.4. The summed E-state index contributed by atoms with van der Waals surface area (Å²) in [5.41, 5.74) is 0.919. The van der Waals surface area contributed by atoms with Crippen LogP contribution in [0.3, 0.4) is 0 Å². The molecule has 1 aromatic heterocycles. The molecular formula is C25H19ClFN3O4S. The van der Waals surface area contributed by atoms with Crippen molar-refractivity contribution in [2.75, 3.05) is 6.61 Å². The Morgan fingerprint density at radius 1 is 1.23 bits per heavy atom. The van der Waals surface area contributed by atoms with Gasteiger partial charge < -0.3 is 15.2 Å². The highest BCUT2D eigenvalue weighted by molar-refractivity contribution is 7.11. The molecule has 7 aliphatic rings. The Balaban J connectivity index is 1.30. The average molecular weight is 512 g/mol. The summed E-state index contributed by atoms with van der Waals surface area (Å²) in [6.45, 7) is 1.95. The normalized spacial score (nSPS) is 42.3. The van der Waals surface area contributed by atoms with Crippen molar-refractivity contribution >= 4 is 40.7 Å². The van der Waals surface area contributed by atoms with Gasteiger partial charge in [-0.2, -0.15) is 0 Å². The second-order valence-electron chi connectivity index (χ2n) is 10.3. The molecule has 7 nitrogen and oxygen atoms in total. The lowest BCUT2D eigenvalue weighted by Gasteiger charge is -3.10. The number of nitrogens with one attached hydrogen (secondary N) is 1. The Morgan fingerprint density at radius 3 is 2.51 bits per heavy atom. The Morgan fingerprint density at radius 2 is 1.94 bits per heavy atom. The highest BCUT2D eigenvalue weighted by Crippen LogP contribution is 3.11. The van der Waals surface area contributed by atoms with Crippen LogP contribution in [0.5, 0.6) is 0 Å². The topological polar surface area (TPSA) is 101 Å². The number of hydrogen-bond donors (Lipinski definition) is 2. The van der Waals surface area contributed by atoms with E-state index in [-0.39, 0.29) is 52.6 Å². The number of allylic oxidation sites excluding steroid dienone is 1. The van der Waals surface area contributed by atoms with Crippen LogP contribution in [0.15, 0.2) is 46.0 Å². The van der Waals surface area contributed by atoms with Crippen molar-refractivity contribution in [2.45, 2.75) is 13.0 Å². The molecule has 0 unspecified atom stereocenters. The zero-order valence-electron chi connectivity index (χ0n) is 18.4. The number of nitrogens with zero attached hydrogens (tertiary/aromatic N) is 2. The number of aliphatic imine (C=N–C) groups is 1. The number of carboxylic acids is 1. The number of thiazole rings is 1. The van der Waals surface area contributed by atoms with Crippen molar-refractivity contribution in [1.82, 2.24) is 10.3 Å². The summed E-state index contributed by atoms with van der Waals surface area (Å²) in [5.74, 6) is 0.250. The number of esters is 1. The molecule has 2 aromatic rings. The second-order valence-corrected chi connectivity index (χ2v) is 11.6. The number of carbonyl (C=O) groups is 2. The third-order valence-corrected chi connectivity index (χ3v) is 11.0. The maximum absolute atomic E-state index is 13.9. The predicted molar refractivity (Wildman–Crippen MR) is 123 cm³/mol. The quantitative estimate of drug-likeness (QED) is 0.574. The summed E-state index contributed by atoms with van der Waals surface area (Å²) in [7, 11) is 0. The molecule has 0 amide bonds. The van der Waals surface area contributed by atoms with E-state index < -0.39 is 29.2 Å². The van der Waals surface area contributed by atoms with E-state index in [1.165, 1.54) is 23.5 Å². The molecule has 0 saturated heterocycles. The number of amidine groups is 1. The van der Waals surface area contributed by atoms with Gasteiger partial charge in [-0.1, -0.05) is 17.7 Å². The van der Waals surface area contributed by atoms with Crippen molar-refractivity contribution in [2.24, 2.45) is 51.3 Å². The molecule has 1 aromatic carbocycles. The molecular weight excluding hydrogens is 493 g/mol. The van der Waals surface area contributed by atoms with Gasteiger partial charge in [-0.05, 0) is 54.6 Å². The summed E-state index contributed by atoms with van der Waals surface area (Å²) in [6, 6.07) is 3.31. The fourth-order valence-corrected chi connectivity index (χ4v) is 10.0. The molecule has 178 valence electrons. The molecule has 2 N–H and O–H groups in total. The minimum absolute atomic E-state index is 0.180. The van der Waals surface area contributed by atoms with E-state index in [0.29, 0.717) is 22.0 Å². The fourth-order valence-electron chi connectivity index (χ4n) is 9.17. The van der Waals surface area contributed by atoms with Crippen LogP contribution in [0.1, 0.15) is 23.5 Å². The van der Waals surface area contributed by atoms with E-state index in [4.69, 9.17) is 21.3 Å². The predicted octanol–water partition coefficient (Wildman–Crippen LogP) is 3.67.